The highest BCUT2D eigenvalue weighted by molar-refractivity contribution is 7.80. The van der Waals surface area contributed by atoms with E-state index in [1.807, 2.05) is 0 Å². The van der Waals surface area contributed by atoms with Crippen LogP contribution in [0, 0.1) is 0 Å². The smallest absolute Gasteiger partial charge is 0.105 e. The van der Waals surface area contributed by atoms with Crippen molar-refractivity contribution < 1.29 is 15.3 Å². The van der Waals surface area contributed by atoms with Crippen LogP contribution in [0.15, 0.2) is 24.3 Å². The summed E-state index contributed by atoms with van der Waals surface area (Å²) in [5.74, 6) is 0.535. The zero-order chi connectivity index (χ0) is 11.3. The highest BCUT2D eigenvalue weighted by atomic mass is 32.1. The van der Waals surface area contributed by atoms with Crippen LogP contribution in [0.5, 0.6) is 0 Å². The Hall–Kier alpha value is -0.550. The van der Waals surface area contributed by atoms with Gasteiger partial charge in [0.1, 0.15) is 6.10 Å². The van der Waals surface area contributed by atoms with Gasteiger partial charge in [-0.2, -0.15) is 12.6 Å². The van der Waals surface area contributed by atoms with Crippen molar-refractivity contribution in [2.45, 2.75) is 25.2 Å². The predicted molar refractivity (Wildman–Crippen MR) is 61.8 cm³/mol. The lowest BCUT2D eigenvalue weighted by Crippen LogP contribution is -2.18. The van der Waals surface area contributed by atoms with E-state index < -0.39 is 12.2 Å². The fraction of sp³-hybridized carbons (Fsp3) is 0.455. The largest absolute Gasteiger partial charge is 0.392 e. The van der Waals surface area contributed by atoms with Crippen molar-refractivity contribution in [3.05, 3.63) is 35.4 Å². The third kappa shape index (κ3) is 3.50. The van der Waals surface area contributed by atoms with Crippen molar-refractivity contribution in [2.75, 3.05) is 5.75 Å². The molecule has 0 saturated carbocycles. The summed E-state index contributed by atoms with van der Waals surface area (Å²) in [5, 5.41) is 28.1. The van der Waals surface area contributed by atoms with Gasteiger partial charge in [0.2, 0.25) is 0 Å². The third-order valence-corrected chi connectivity index (χ3v) is 2.55. The molecule has 4 heteroatoms. The summed E-state index contributed by atoms with van der Waals surface area (Å²) in [6, 6.07) is 6.87. The first kappa shape index (κ1) is 12.5. The van der Waals surface area contributed by atoms with E-state index >= 15 is 0 Å². The van der Waals surface area contributed by atoms with Gasteiger partial charge in [-0.1, -0.05) is 24.3 Å². The van der Waals surface area contributed by atoms with Gasteiger partial charge in [-0.15, -0.1) is 0 Å². The number of hydrogen-bond donors (Lipinski definition) is 4. The minimum atomic E-state index is -0.884. The van der Waals surface area contributed by atoms with Crippen molar-refractivity contribution in [2.24, 2.45) is 0 Å². The minimum Gasteiger partial charge on any atom is -0.392 e. The Morgan fingerprint density at radius 3 is 2.20 bits per heavy atom. The second-order valence-electron chi connectivity index (χ2n) is 3.42. The van der Waals surface area contributed by atoms with Crippen LogP contribution in [-0.2, 0) is 6.61 Å². The molecule has 0 spiro atoms. The molecule has 1 rings (SSSR count). The van der Waals surface area contributed by atoms with Crippen LogP contribution in [0.3, 0.4) is 0 Å². The van der Waals surface area contributed by atoms with Gasteiger partial charge in [-0.25, -0.2) is 0 Å². The van der Waals surface area contributed by atoms with Crippen molar-refractivity contribution in [3.63, 3.8) is 0 Å². The zero-order valence-corrected chi connectivity index (χ0v) is 9.27. The molecule has 0 aliphatic carbocycles. The lowest BCUT2D eigenvalue weighted by Gasteiger charge is -2.17. The quantitative estimate of drug-likeness (QED) is 0.566. The van der Waals surface area contributed by atoms with Gasteiger partial charge < -0.3 is 15.3 Å². The summed E-state index contributed by atoms with van der Waals surface area (Å²) >= 11 is 3.99. The molecule has 0 aliphatic heterocycles. The van der Waals surface area contributed by atoms with E-state index in [0.717, 1.165) is 5.56 Å². The van der Waals surface area contributed by atoms with E-state index in [9.17, 15) is 10.2 Å². The molecule has 0 fully saturated rings. The standard InChI is InChI=1S/C11H16O3S/c12-7-8-1-3-9(4-2-8)11(14)10(13)5-6-15/h1-4,10-15H,5-7H2. The average Bonchev–Trinajstić information content (AvgIpc) is 2.28. The number of aliphatic hydroxyl groups is 3. The topological polar surface area (TPSA) is 60.7 Å². The molecule has 15 heavy (non-hydrogen) atoms. The number of rotatable bonds is 5. The normalized spacial score (nSPS) is 14.9. The molecule has 0 amide bonds. The van der Waals surface area contributed by atoms with E-state index in [4.69, 9.17) is 5.11 Å². The zero-order valence-electron chi connectivity index (χ0n) is 8.37. The van der Waals surface area contributed by atoms with Crippen LogP contribution in [0.4, 0.5) is 0 Å². The van der Waals surface area contributed by atoms with Gasteiger partial charge >= 0.3 is 0 Å². The molecular formula is C11H16O3S. The first-order valence-corrected chi connectivity index (χ1v) is 5.49. The molecule has 0 bridgehead atoms. The van der Waals surface area contributed by atoms with E-state index in [1.165, 1.54) is 0 Å². The lowest BCUT2D eigenvalue weighted by atomic mass is 10.0. The molecule has 0 aliphatic rings. The molecule has 2 unspecified atom stereocenters. The Kier molecular flexibility index (Phi) is 5.11. The highest BCUT2D eigenvalue weighted by Gasteiger charge is 2.16. The Balaban J connectivity index is 2.69. The van der Waals surface area contributed by atoms with Gasteiger partial charge in [0, 0.05) is 0 Å². The molecule has 3 N–H and O–H groups in total. The maximum absolute atomic E-state index is 9.74. The van der Waals surface area contributed by atoms with Crippen LogP contribution in [-0.4, -0.2) is 27.2 Å². The number of benzene rings is 1. The van der Waals surface area contributed by atoms with Gasteiger partial charge in [0.25, 0.3) is 0 Å². The Bertz CT molecular complexity index is 286. The van der Waals surface area contributed by atoms with E-state index in [0.29, 0.717) is 17.7 Å². The Labute approximate surface area is 94.8 Å². The maximum atomic E-state index is 9.74. The van der Waals surface area contributed by atoms with Crippen molar-refractivity contribution in [1.82, 2.24) is 0 Å². The van der Waals surface area contributed by atoms with Crippen LogP contribution in [0.2, 0.25) is 0 Å². The van der Waals surface area contributed by atoms with E-state index in [-0.39, 0.29) is 6.61 Å². The Morgan fingerprint density at radius 1 is 1.13 bits per heavy atom. The summed E-state index contributed by atoms with van der Waals surface area (Å²) in [6.45, 7) is -0.0183. The summed E-state index contributed by atoms with van der Waals surface area (Å²) in [5.41, 5.74) is 1.44. The molecule has 0 radical (unpaired) electrons. The first-order chi connectivity index (χ1) is 7.19. The summed E-state index contributed by atoms with van der Waals surface area (Å²) < 4.78 is 0. The van der Waals surface area contributed by atoms with Crippen molar-refractivity contribution in [1.29, 1.82) is 0 Å². The van der Waals surface area contributed by atoms with Crippen molar-refractivity contribution >= 4 is 12.6 Å². The minimum absolute atomic E-state index is 0.0183. The third-order valence-electron chi connectivity index (χ3n) is 2.29. The first-order valence-electron chi connectivity index (χ1n) is 4.85. The highest BCUT2D eigenvalue weighted by Crippen LogP contribution is 2.19. The Morgan fingerprint density at radius 2 is 1.73 bits per heavy atom. The van der Waals surface area contributed by atoms with Crippen LogP contribution < -0.4 is 0 Å². The monoisotopic (exact) mass is 228 g/mol. The van der Waals surface area contributed by atoms with Crippen LogP contribution in [0.1, 0.15) is 23.7 Å². The predicted octanol–water partition coefficient (Wildman–Crippen LogP) is 0.893. The molecule has 2 atom stereocenters. The average molecular weight is 228 g/mol. The second-order valence-corrected chi connectivity index (χ2v) is 3.87. The van der Waals surface area contributed by atoms with Gasteiger partial charge in [-0.05, 0) is 23.3 Å². The van der Waals surface area contributed by atoms with E-state index in [1.54, 1.807) is 24.3 Å². The molecule has 3 nitrogen and oxygen atoms in total. The van der Waals surface area contributed by atoms with Crippen LogP contribution >= 0.6 is 12.6 Å². The molecule has 0 heterocycles. The van der Waals surface area contributed by atoms with Gasteiger partial charge in [0.05, 0.1) is 12.7 Å². The fourth-order valence-corrected chi connectivity index (χ4v) is 1.60. The molecule has 0 aromatic heterocycles. The van der Waals surface area contributed by atoms with Crippen LogP contribution in [0.25, 0.3) is 0 Å². The van der Waals surface area contributed by atoms with Gasteiger partial charge in [-0.3, -0.25) is 0 Å². The molecule has 1 aromatic rings. The number of thiol groups is 1. The fourth-order valence-electron chi connectivity index (χ4n) is 1.33. The molecule has 84 valence electrons. The molecular weight excluding hydrogens is 212 g/mol. The lowest BCUT2D eigenvalue weighted by molar-refractivity contribution is 0.0172. The number of aliphatic hydroxyl groups excluding tert-OH is 3. The molecule has 1 aromatic carbocycles. The summed E-state index contributed by atoms with van der Waals surface area (Å²) in [4.78, 5) is 0. The number of hydrogen-bond acceptors (Lipinski definition) is 4. The molecule has 0 saturated heterocycles. The SMILES string of the molecule is OCc1ccc(C(O)C(O)CCS)cc1. The summed E-state index contributed by atoms with van der Waals surface area (Å²) in [6.07, 6.45) is -1.22. The van der Waals surface area contributed by atoms with E-state index in [2.05, 4.69) is 12.6 Å². The van der Waals surface area contributed by atoms with Crippen molar-refractivity contribution in [3.8, 4) is 0 Å². The maximum Gasteiger partial charge on any atom is 0.105 e. The second kappa shape index (κ2) is 6.12. The summed E-state index contributed by atoms with van der Waals surface area (Å²) in [7, 11) is 0. The van der Waals surface area contributed by atoms with Gasteiger partial charge in [0.15, 0.2) is 0 Å².